The lowest BCUT2D eigenvalue weighted by molar-refractivity contribution is 0.102. The van der Waals surface area contributed by atoms with Crippen molar-refractivity contribution >= 4 is 11.9 Å². The molecule has 1 aromatic heterocycles. The lowest BCUT2D eigenvalue weighted by atomic mass is 10.1. The smallest absolute Gasteiger partial charge is 0.258 e. The first-order valence-corrected chi connectivity index (χ1v) is 6.50. The predicted octanol–water partition coefficient (Wildman–Crippen LogP) is 1.07. The highest BCUT2D eigenvalue weighted by atomic mass is 16.1. The Morgan fingerprint density at radius 1 is 1.38 bits per heavy atom. The number of likely N-dealkylation sites (N-methyl/N-ethyl adjacent to an activating group) is 1. The zero-order valence-corrected chi connectivity index (χ0v) is 12.1. The molecule has 0 saturated carbocycles. The van der Waals surface area contributed by atoms with Crippen LogP contribution in [0.5, 0.6) is 0 Å². The highest BCUT2D eigenvalue weighted by Crippen LogP contribution is 2.06. The zero-order chi connectivity index (χ0) is 15.2. The van der Waals surface area contributed by atoms with E-state index in [1.165, 1.54) is 0 Å². The van der Waals surface area contributed by atoms with Gasteiger partial charge in [0.15, 0.2) is 0 Å². The van der Waals surface area contributed by atoms with E-state index in [1.54, 1.807) is 35.3 Å². The number of carbonyl (C=O) groups is 1. The molecule has 1 aromatic carbocycles. The molecule has 0 spiro atoms. The molecule has 1 heterocycles. The summed E-state index contributed by atoms with van der Waals surface area (Å²) in [5, 5.41) is 6.85. The molecule has 0 aliphatic carbocycles. The Morgan fingerprint density at radius 2 is 2.10 bits per heavy atom. The molecule has 6 heteroatoms. The molecular weight excluding hydrogens is 266 g/mol. The van der Waals surface area contributed by atoms with Gasteiger partial charge in [-0.25, -0.2) is 9.67 Å². The summed E-state index contributed by atoms with van der Waals surface area (Å²) in [7, 11) is 3.97. The van der Waals surface area contributed by atoms with Gasteiger partial charge in [0.1, 0.15) is 6.33 Å². The van der Waals surface area contributed by atoms with Gasteiger partial charge in [0, 0.05) is 17.7 Å². The van der Waals surface area contributed by atoms with Gasteiger partial charge >= 0.3 is 0 Å². The molecule has 0 unspecified atom stereocenters. The number of carbonyl (C=O) groups excluding carboxylic acids is 1. The van der Waals surface area contributed by atoms with E-state index in [2.05, 4.69) is 21.3 Å². The van der Waals surface area contributed by atoms with Crippen LogP contribution < -0.4 is 5.32 Å². The van der Waals surface area contributed by atoms with Crippen LogP contribution >= 0.6 is 0 Å². The van der Waals surface area contributed by atoms with Crippen molar-refractivity contribution < 1.29 is 4.79 Å². The topological polar surface area (TPSA) is 63.1 Å². The summed E-state index contributed by atoms with van der Waals surface area (Å²) >= 11 is 0. The molecule has 0 bridgehead atoms. The number of hydrogen-bond acceptors (Lipinski definition) is 4. The average molecular weight is 283 g/mol. The van der Waals surface area contributed by atoms with Crippen LogP contribution in [0.25, 0.3) is 0 Å². The summed E-state index contributed by atoms with van der Waals surface area (Å²) in [5.74, 6) is 2.54. The summed E-state index contributed by atoms with van der Waals surface area (Å²) in [6, 6.07) is 6.79. The number of hydrogen-bond donors (Lipinski definition) is 1. The maximum absolute atomic E-state index is 12.0. The van der Waals surface area contributed by atoms with Gasteiger partial charge in [0.05, 0.1) is 6.54 Å². The first-order valence-electron chi connectivity index (χ1n) is 6.50. The Kier molecular flexibility index (Phi) is 4.69. The standard InChI is InChI=1S/C15H17N5O/c1-4-12-5-7-13(8-6-12)14(21)17-15-16-11-20(18-15)10-9-19(2)3/h1,5-8,11H,9-10H2,2-3H3,(H,17,18,21). The minimum atomic E-state index is -0.260. The van der Waals surface area contributed by atoms with Gasteiger partial charge in [-0.1, -0.05) is 5.92 Å². The second-order valence-corrected chi connectivity index (χ2v) is 4.81. The Bertz CT molecular complexity index is 651. The Morgan fingerprint density at radius 3 is 2.71 bits per heavy atom. The molecule has 108 valence electrons. The summed E-state index contributed by atoms with van der Waals surface area (Å²) in [4.78, 5) is 18.1. The lowest BCUT2D eigenvalue weighted by Crippen LogP contribution is -2.19. The number of terminal acetylenes is 1. The predicted molar refractivity (Wildman–Crippen MR) is 80.9 cm³/mol. The number of rotatable bonds is 5. The first-order chi connectivity index (χ1) is 10.1. The maximum Gasteiger partial charge on any atom is 0.258 e. The van der Waals surface area contributed by atoms with E-state index in [-0.39, 0.29) is 5.91 Å². The van der Waals surface area contributed by atoms with Gasteiger partial charge < -0.3 is 4.90 Å². The molecule has 1 N–H and O–H groups in total. The summed E-state index contributed by atoms with van der Waals surface area (Å²) in [6.07, 6.45) is 6.87. The number of benzene rings is 1. The van der Waals surface area contributed by atoms with Gasteiger partial charge in [0.25, 0.3) is 5.91 Å². The van der Waals surface area contributed by atoms with Crippen molar-refractivity contribution in [2.45, 2.75) is 6.54 Å². The molecule has 0 atom stereocenters. The third kappa shape index (κ3) is 4.16. The van der Waals surface area contributed by atoms with Crippen LogP contribution in [0.3, 0.4) is 0 Å². The highest BCUT2D eigenvalue weighted by Gasteiger charge is 2.09. The SMILES string of the molecule is C#Cc1ccc(C(=O)Nc2ncn(CCN(C)C)n2)cc1. The van der Waals surface area contributed by atoms with Crippen LogP contribution in [0, 0.1) is 12.3 Å². The number of anilines is 1. The van der Waals surface area contributed by atoms with Crippen LogP contribution in [0.4, 0.5) is 5.95 Å². The first kappa shape index (κ1) is 14.8. The molecular formula is C15H17N5O. The maximum atomic E-state index is 12.0. The van der Waals surface area contributed by atoms with Crippen LogP contribution in [0.2, 0.25) is 0 Å². The fraction of sp³-hybridized carbons (Fsp3) is 0.267. The van der Waals surface area contributed by atoms with Crippen LogP contribution in [0.15, 0.2) is 30.6 Å². The second-order valence-electron chi connectivity index (χ2n) is 4.81. The minimum absolute atomic E-state index is 0.260. The quantitative estimate of drug-likeness (QED) is 0.834. The normalized spacial score (nSPS) is 10.4. The molecule has 0 radical (unpaired) electrons. The van der Waals surface area contributed by atoms with Crippen molar-refractivity contribution in [3.05, 3.63) is 41.7 Å². The van der Waals surface area contributed by atoms with E-state index in [1.807, 2.05) is 19.0 Å². The van der Waals surface area contributed by atoms with Crippen LogP contribution in [-0.2, 0) is 6.54 Å². The van der Waals surface area contributed by atoms with Gasteiger partial charge in [0.2, 0.25) is 5.95 Å². The number of nitrogens with zero attached hydrogens (tertiary/aromatic N) is 4. The third-order valence-corrected chi connectivity index (χ3v) is 2.85. The van der Waals surface area contributed by atoms with E-state index in [0.717, 1.165) is 12.1 Å². The van der Waals surface area contributed by atoms with E-state index < -0.39 is 0 Å². The van der Waals surface area contributed by atoms with Crippen LogP contribution in [-0.4, -0.2) is 46.2 Å². The molecule has 2 aromatic rings. The van der Waals surface area contributed by atoms with Gasteiger partial charge in [-0.05, 0) is 38.4 Å². The zero-order valence-electron chi connectivity index (χ0n) is 12.1. The highest BCUT2D eigenvalue weighted by molar-refractivity contribution is 6.03. The van der Waals surface area contributed by atoms with E-state index >= 15 is 0 Å². The fourth-order valence-corrected chi connectivity index (χ4v) is 1.65. The van der Waals surface area contributed by atoms with E-state index in [0.29, 0.717) is 18.1 Å². The number of amides is 1. The Balaban J connectivity index is 1.97. The van der Waals surface area contributed by atoms with E-state index in [4.69, 9.17) is 6.42 Å². The summed E-state index contributed by atoms with van der Waals surface area (Å²) in [6.45, 7) is 1.57. The van der Waals surface area contributed by atoms with Crippen molar-refractivity contribution in [1.82, 2.24) is 19.7 Å². The molecule has 2 rings (SSSR count). The van der Waals surface area contributed by atoms with Crippen molar-refractivity contribution in [3.8, 4) is 12.3 Å². The Hall–Kier alpha value is -2.65. The average Bonchev–Trinajstić information content (AvgIpc) is 2.92. The summed E-state index contributed by atoms with van der Waals surface area (Å²) < 4.78 is 1.69. The van der Waals surface area contributed by atoms with Gasteiger partial charge in [-0.2, -0.15) is 0 Å². The lowest BCUT2D eigenvalue weighted by Gasteiger charge is -2.08. The molecule has 0 aliphatic rings. The monoisotopic (exact) mass is 283 g/mol. The molecule has 1 amide bonds. The van der Waals surface area contributed by atoms with E-state index in [9.17, 15) is 4.79 Å². The molecule has 0 aliphatic heterocycles. The largest absolute Gasteiger partial charge is 0.308 e. The number of nitrogens with one attached hydrogen (secondary N) is 1. The Labute approximate surface area is 123 Å². The van der Waals surface area contributed by atoms with Gasteiger partial charge in [-0.3, -0.25) is 10.1 Å². The van der Waals surface area contributed by atoms with Crippen molar-refractivity contribution in [3.63, 3.8) is 0 Å². The minimum Gasteiger partial charge on any atom is -0.308 e. The third-order valence-electron chi connectivity index (χ3n) is 2.85. The summed E-state index contributed by atoms with van der Waals surface area (Å²) in [5.41, 5.74) is 1.25. The molecule has 0 fully saturated rings. The van der Waals surface area contributed by atoms with Crippen molar-refractivity contribution in [1.29, 1.82) is 0 Å². The second kappa shape index (κ2) is 6.68. The molecule has 21 heavy (non-hydrogen) atoms. The fourth-order valence-electron chi connectivity index (χ4n) is 1.65. The number of aromatic nitrogens is 3. The van der Waals surface area contributed by atoms with Crippen LogP contribution in [0.1, 0.15) is 15.9 Å². The van der Waals surface area contributed by atoms with Crippen molar-refractivity contribution in [2.75, 3.05) is 26.0 Å². The van der Waals surface area contributed by atoms with Gasteiger partial charge in [-0.15, -0.1) is 11.5 Å². The molecule has 0 saturated heterocycles. The van der Waals surface area contributed by atoms with Crippen molar-refractivity contribution in [2.24, 2.45) is 0 Å². The molecule has 6 nitrogen and oxygen atoms in total.